The van der Waals surface area contributed by atoms with Gasteiger partial charge in [0.05, 0.1) is 0 Å². The molecule has 1 saturated heterocycles. The van der Waals surface area contributed by atoms with E-state index in [0.717, 1.165) is 0 Å². The number of nitrogens with zero attached hydrogens (tertiary/aromatic N) is 4. The van der Waals surface area contributed by atoms with Crippen LogP contribution in [0.5, 0.6) is 0 Å². The van der Waals surface area contributed by atoms with Gasteiger partial charge in [-0.05, 0) is 39.8 Å². The molecule has 0 radical (unpaired) electrons. The van der Waals surface area contributed by atoms with E-state index in [9.17, 15) is 13.2 Å². The summed E-state index contributed by atoms with van der Waals surface area (Å²) in [5.74, 6) is 0.687. The molecule has 146 valence electrons. The maximum absolute atomic E-state index is 12.9. The highest BCUT2D eigenvalue weighted by atomic mass is 32.2. The van der Waals surface area contributed by atoms with Gasteiger partial charge in [-0.3, -0.25) is 0 Å². The topological polar surface area (TPSA) is 83.0 Å². The van der Waals surface area contributed by atoms with Gasteiger partial charge in [-0.2, -0.15) is 4.31 Å². The highest BCUT2D eigenvalue weighted by Gasteiger charge is 2.36. The summed E-state index contributed by atoms with van der Waals surface area (Å²) in [6.07, 6.45) is 0.954. The molecular weight excluding hydrogens is 356 g/mol. The first kappa shape index (κ1) is 20.4. The number of hydrogen-bond acceptors (Lipinski definition) is 6. The summed E-state index contributed by atoms with van der Waals surface area (Å²) in [6.45, 7) is 8.01. The molecule has 9 heteroatoms. The van der Waals surface area contributed by atoms with Gasteiger partial charge in [-0.15, -0.1) is 0 Å². The summed E-state index contributed by atoms with van der Waals surface area (Å²) >= 11 is 0. The second kappa shape index (κ2) is 7.40. The van der Waals surface area contributed by atoms with Crippen molar-refractivity contribution in [2.75, 3.05) is 38.6 Å². The molecule has 0 bridgehead atoms. The van der Waals surface area contributed by atoms with Crippen molar-refractivity contribution in [1.82, 2.24) is 14.2 Å². The predicted octanol–water partition coefficient (Wildman–Crippen LogP) is 1.78. The van der Waals surface area contributed by atoms with Gasteiger partial charge in [-0.25, -0.2) is 18.2 Å². The van der Waals surface area contributed by atoms with Crippen LogP contribution >= 0.6 is 0 Å². The van der Waals surface area contributed by atoms with E-state index in [-0.39, 0.29) is 24.0 Å². The van der Waals surface area contributed by atoms with Crippen LogP contribution in [0.4, 0.5) is 10.6 Å². The fourth-order valence-electron chi connectivity index (χ4n) is 2.72. The maximum Gasteiger partial charge on any atom is 0.410 e. The van der Waals surface area contributed by atoms with Gasteiger partial charge in [0, 0.05) is 46.0 Å². The molecule has 2 heterocycles. The number of hydrogen-bond donors (Lipinski definition) is 0. The summed E-state index contributed by atoms with van der Waals surface area (Å²) in [7, 11) is 0.0191. The highest BCUT2D eigenvalue weighted by molar-refractivity contribution is 7.89. The number of carbonyl (C=O) groups excluding carboxylic acids is 1. The lowest BCUT2D eigenvalue weighted by molar-refractivity contribution is 0.0143. The van der Waals surface area contributed by atoms with E-state index in [1.165, 1.54) is 10.5 Å². The summed E-state index contributed by atoms with van der Waals surface area (Å²) in [4.78, 5) is 19.9. The van der Waals surface area contributed by atoms with Crippen LogP contribution in [-0.4, -0.2) is 74.1 Å². The largest absolute Gasteiger partial charge is 0.444 e. The lowest BCUT2D eigenvalue weighted by Gasteiger charge is -2.39. The Bertz CT molecular complexity index is 741. The predicted molar refractivity (Wildman–Crippen MR) is 99.7 cm³/mol. The Morgan fingerprint density at radius 3 is 2.38 bits per heavy atom. The minimum atomic E-state index is -3.66. The normalized spacial score (nSPS) is 19.3. The second-order valence-electron chi connectivity index (χ2n) is 7.64. The molecular formula is C17H28N4O4S. The first-order valence-electron chi connectivity index (χ1n) is 8.55. The van der Waals surface area contributed by atoms with E-state index in [1.807, 2.05) is 14.1 Å². The smallest absolute Gasteiger partial charge is 0.410 e. The standard InChI is InChI=1S/C17H28N4O4S/c1-13-12-20(16(22)25-17(2,3)4)9-10-21(13)26(23,24)14-7-8-15(18-11-14)19(5)6/h7-8,11,13H,9-10,12H2,1-6H3/t13-/m0/s1. The van der Waals surface area contributed by atoms with Crippen LogP contribution in [0.25, 0.3) is 0 Å². The molecule has 0 aromatic carbocycles. The Hall–Kier alpha value is -1.87. The summed E-state index contributed by atoms with van der Waals surface area (Å²) in [6, 6.07) is 2.88. The zero-order chi connectivity index (χ0) is 19.7. The van der Waals surface area contributed by atoms with Crippen LogP contribution in [-0.2, 0) is 14.8 Å². The molecule has 26 heavy (non-hydrogen) atoms. The zero-order valence-corrected chi connectivity index (χ0v) is 17.1. The number of carbonyl (C=O) groups is 1. The van der Waals surface area contributed by atoms with Crippen LogP contribution < -0.4 is 4.90 Å². The third kappa shape index (κ3) is 4.64. The lowest BCUT2D eigenvalue weighted by atomic mass is 10.2. The van der Waals surface area contributed by atoms with Crippen LogP contribution in [0.2, 0.25) is 0 Å². The van der Waals surface area contributed by atoms with E-state index < -0.39 is 21.7 Å². The number of sulfonamides is 1. The van der Waals surface area contributed by atoms with Crippen molar-refractivity contribution >= 4 is 21.9 Å². The molecule has 0 spiro atoms. The van der Waals surface area contributed by atoms with Crippen LogP contribution in [0.3, 0.4) is 0 Å². The van der Waals surface area contributed by atoms with E-state index >= 15 is 0 Å². The number of rotatable bonds is 3. The molecule has 1 aromatic heterocycles. The molecule has 1 aromatic rings. The maximum atomic E-state index is 12.9. The van der Waals surface area contributed by atoms with Gasteiger partial charge >= 0.3 is 6.09 Å². The van der Waals surface area contributed by atoms with Crippen LogP contribution in [0, 0.1) is 0 Å². The minimum Gasteiger partial charge on any atom is -0.444 e. The average Bonchev–Trinajstić information content (AvgIpc) is 2.53. The molecule has 0 N–H and O–H groups in total. The van der Waals surface area contributed by atoms with Crippen molar-refractivity contribution in [1.29, 1.82) is 0 Å². The number of pyridine rings is 1. The second-order valence-corrected chi connectivity index (χ2v) is 9.53. The van der Waals surface area contributed by atoms with E-state index in [0.29, 0.717) is 12.4 Å². The molecule has 8 nitrogen and oxygen atoms in total. The fourth-order valence-corrected chi connectivity index (χ4v) is 4.27. The molecule has 1 atom stereocenters. The molecule has 1 aliphatic heterocycles. The molecule has 0 unspecified atom stereocenters. The van der Waals surface area contributed by atoms with Crippen molar-refractivity contribution in [3.05, 3.63) is 18.3 Å². The number of ether oxygens (including phenoxy) is 1. The lowest BCUT2D eigenvalue weighted by Crippen LogP contribution is -2.56. The number of amides is 1. The van der Waals surface area contributed by atoms with Crippen molar-refractivity contribution in [2.45, 2.75) is 44.2 Å². The zero-order valence-electron chi connectivity index (χ0n) is 16.3. The van der Waals surface area contributed by atoms with Crippen molar-refractivity contribution in [3.8, 4) is 0 Å². The Morgan fingerprint density at radius 2 is 1.92 bits per heavy atom. The Balaban J connectivity index is 2.11. The van der Waals surface area contributed by atoms with Crippen LogP contribution in [0.15, 0.2) is 23.2 Å². The van der Waals surface area contributed by atoms with E-state index in [2.05, 4.69) is 4.98 Å². The quantitative estimate of drug-likeness (QED) is 0.790. The first-order valence-corrected chi connectivity index (χ1v) is 9.99. The Morgan fingerprint density at radius 1 is 1.27 bits per heavy atom. The Kier molecular flexibility index (Phi) is 5.82. The third-order valence-corrected chi connectivity index (χ3v) is 6.00. The van der Waals surface area contributed by atoms with Gasteiger partial charge in [0.1, 0.15) is 16.3 Å². The van der Waals surface area contributed by atoms with Crippen molar-refractivity contribution in [3.63, 3.8) is 0 Å². The molecule has 0 saturated carbocycles. The summed E-state index contributed by atoms with van der Waals surface area (Å²) in [5, 5.41) is 0. The summed E-state index contributed by atoms with van der Waals surface area (Å²) < 4.78 is 32.6. The molecule has 0 aliphatic carbocycles. The van der Waals surface area contributed by atoms with Gasteiger partial charge in [-0.1, -0.05) is 0 Å². The molecule has 2 rings (SSSR count). The van der Waals surface area contributed by atoms with E-state index in [1.54, 1.807) is 49.6 Å². The van der Waals surface area contributed by atoms with E-state index in [4.69, 9.17) is 4.74 Å². The minimum absolute atomic E-state index is 0.153. The van der Waals surface area contributed by atoms with Gasteiger partial charge in [0.15, 0.2) is 0 Å². The summed E-state index contributed by atoms with van der Waals surface area (Å²) in [5.41, 5.74) is -0.580. The Labute approximate surface area is 155 Å². The molecule has 1 aliphatic rings. The monoisotopic (exact) mass is 384 g/mol. The highest BCUT2D eigenvalue weighted by Crippen LogP contribution is 2.23. The SMILES string of the molecule is C[C@H]1CN(C(=O)OC(C)(C)C)CCN1S(=O)(=O)c1ccc(N(C)C)nc1. The molecule has 1 fully saturated rings. The molecule has 1 amide bonds. The number of aromatic nitrogens is 1. The fraction of sp³-hybridized carbons (Fsp3) is 0.647. The van der Waals surface area contributed by atoms with Gasteiger partial charge in [0.25, 0.3) is 0 Å². The van der Waals surface area contributed by atoms with Crippen molar-refractivity contribution < 1.29 is 17.9 Å². The number of piperazine rings is 1. The van der Waals surface area contributed by atoms with Gasteiger partial charge < -0.3 is 14.5 Å². The van der Waals surface area contributed by atoms with Crippen molar-refractivity contribution in [2.24, 2.45) is 0 Å². The third-order valence-electron chi connectivity index (χ3n) is 4.00. The van der Waals surface area contributed by atoms with Crippen LogP contribution in [0.1, 0.15) is 27.7 Å². The first-order chi connectivity index (χ1) is 11.9. The average molecular weight is 385 g/mol. The number of anilines is 1. The van der Waals surface area contributed by atoms with Gasteiger partial charge in [0.2, 0.25) is 10.0 Å².